The van der Waals surface area contributed by atoms with E-state index in [9.17, 15) is 10.0 Å². The first-order valence-corrected chi connectivity index (χ1v) is 47.9. The van der Waals surface area contributed by atoms with E-state index in [1.807, 2.05) is 95.5 Å². The molecule has 0 spiro atoms. The molecule has 26 rings (SSSR count). The number of aromatic nitrogens is 3. The zero-order valence-corrected chi connectivity index (χ0v) is 82.0. The van der Waals surface area contributed by atoms with Crippen molar-refractivity contribution in [2.24, 2.45) is 0 Å². The Labute approximate surface area is 842 Å². The van der Waals surface area contributed by atoms with Crippen LogP contribution in [0.15, 0.2) is 458 Å². The van der Waals surface area contributed by atoms with Gasteiger partial charge in [0.05, 0.1) is 33.8 Å². The minimum Gasteiger partial charge on any atom is -0.423 e. The second kappa shape index (κ2) is 40.1. The first-order chi connectivity index (χ1) is 64.6. The maximum absolute atomic E-state index is 9.31. The van der Waals surface area contributed by atoms with Gasteiger partial charge in [0.15, 0.2) is 0 Å². The van der Waals surface area contributed by atoms with Crippen LogP contribution in [0.4, 0.5) is 0 Å². The van der Waals surface area contributed by atoms with Gasteiger partial charge in [-0.3, -0.25) is 0 Å². The highest BCUT2D eigenvalue weighted by molar-refractivity contribution is 14.0. The van der Waals surface area contributed by atoms with E-state index in [0.717, 1.165) is 88.2 Å². The molecule has 6 heterocycles. The molecule has 18 aromatic carbocycles. The highest BCUT2D eigenvalue weighted by Crippen LogP contribution is 2.47. The number of halogens is 4. The van der Waals surface area contributed by atoms with Gasteiger partial charge in [-0.1, -0.05) is 385 Å². The van der Waals surface area contributed by atoms with Crippen molar-refractivity contribution in [1.82, 2.24) is 14.5 Å². The molecule has 2 aliphatic rings. The van der Waals surface area contributed by atoms with Crippen molar-refractivity contribution in [3.63, 3.8) is 0 Å². The molecule has 2 N–H and O–H groups in total. The lowest BCUT2D eigenvalue weighted by molar-refractivity contribution is 0.426. The summed E-state index contributed by atoms with van der Waals surface area (Å²) in [6.45, 7) is 0. The fraction of sp³-hybridized carbons (Fsp3) is 0.0248. The molecule has 0 fully saturated rings. The summed E-state index contributed by atoms with van der Waals surface area (Å²) in [5.74, 6) is 0. The molecule has 0 saturated heterocycles. The van der Waals surface area contributed by atoms with Gasteiger partial charge < -0.3 is 14.6 Å². The molecule has 0 atom stereocenters. The molecule has 0 aliphatic heterocycles. The van der Waals surface area contributed by atoms with Crippen LogP contribution in [-0.2, 0) is 12.8 Å². The Morgan fingerprint density at radius 2 is 0.575 bits per heavy atom. The molecule has 0 bridgehead atoms. The molecule has 2 aliphatic carbocycles. The summed E-state index contributed by atoms with van der Waals surface area (Å²) in [5.41, 5.74) is 33.7. The summed E-state index contributed by atoms with van der Waals surface area (Å²) in [7, 11) is -1.41. The van der Waals surface area contributed by atoms with Gasteiger partial charge in [-0.25, -0.2) is 9.97 Å². The molecule has 13 heteroatoms. The maximum Gasteiger partial charge on any atom is 0.489 e. The van der Waals surface area contributed by atoms with Crippen LogP contribution in [0, 0.1) is 0 Å². The second-order valence-corrected chi connectivity index (χ2v) is 37.9. The molecule has 24 aromatic rings. The van der Waals surface area contributed by atoms with Crippen LogP contribution in [0.3, 0.4) is 0 Å². The maximum atomic E-state index is 9.31. The number of hydrogen-bond acceptors (Lipinski definition) is 7. The van der Waals surface area contributed by atoms with Gasteiger partial charge in [-0.05, 0) is 216 Å². The standard InChI is InChI=1S/C47H30N2S.C25H16S.C23H16BrN.C13H9Br.C12H9BO2S.CH4.2HI/c1-3-12-31(13-4-1)35-29-42(32-14-5-2-6-15-32)48-43(30-35)33-22-25-36(26-23-33)49-44-20-9-7-16-38(44)41-28-34(24-27-45(41)49)37-18-11-19-40-39-17-8-10-21-46(39)50-47(37)40;1-2-7-19-16(6-1)14-17-12-13-18(15-23(17)19)20-9-5-10-22-21-8-3-4-11-24(21)26-25(20)22;24-21-13-11-19(12-14-21)23-16-20(17-7-3-1-4-8-17)15-22(25-23)18-9-5-2-6-10-18;14-11-6-5-10-7-9-3-1-2-4-12(9)13(10)8-11;14-13(15)10-6-3-5-9-8-4-1-2-7-11(8)16-12(9)10;;;/h1-30H;1-13,15H,14H2;1-16H;1-6,8H,7H2;1-7,14-15H;1H4;2*1H. The Bertz CT molecular complexity index is 8300. The van der Waals surface area contributed by atoms with Crippen LogP contribution < -0.4 is 5.46 Å². The molecule has 0 amide bonds. The zero-order valence-electron chi connectivity index (χ0n) is 71.7. The lowest BCUT2D eigenvalue weighted by Gasteiger charge is -2.12. The molecule has 0 radical (unpaired) electrons. The lowest BCUT2D eigenvalue weighted by Crippen LogP contribution is -2.29. The van der Waals surface area contributed by atoms with Gasteiger partial charge in [0.2, 0.25) is 0 Å². The van der Waals surface area contributed by atoms with E-state index in [0.29, 0.717) is 5.46 Å². The van der Waals surface area contributed by atoms with Crippen molar-refractivity contribution < 1.29 is 10.0 Å². The predicted octanol–water partition coefficient (Wildman–Crippen LogP) is 35.0. The molecule has 6 aromatic heterocycles. The van der Waals surface area contributed by atoms with E-state index in [1.54, 1.807) is 17.4 Å². The SMILES string of the molecule is Brc1ccc(-c2cc(-c3ccccc3)cc(-c3ccccc3)n2)cc1.Brc1ccc2c(c1)-c1ccccc1C2.C.I.I.OB(O)c1cccc2c1sc1ccccc12.c1ccc(-c2cc(-c3ccccc3)nc(-c3ccc(-n4c5ccccc5c5cc(-c6cccc7c6sc6ccccc67)ccc54)cc3)c2)cc1.c1ccc2c(c1)Cc1ccc(-c3cccc4c3sc3ccccc34)cc1-2. The molecule has 0 unspecified atom stereocenters. The molecule has 134 heavy (non-hydrogen) atoms. The Hall–Kier alpha value is -12.9. The summed E-state index contributed by atoms with van der Waals surface area (Å²) in [5, 5.41) is 28.8. The van der Waals surface area contributed by atoms with Crippen LogP contribution in [0.5, 0.6) is 0 Å². The van der Waals surface area contributed by atoms with E-state index in [2.05, 4.69) is 406 Å². The average molecular weight is 2130 g/mol. The second-order valence-electron chi connectivity index (χ2n) is 33.0. The third kappa shape index (κ3) is 18.2. The van der Waals surface area contributed by atoms with Crippen LogP contribution in [0.2, 0.25) is 0 Å². The van der Waals surface area contributed by atoms with Crippen LogP contribution in [-0.4, -0.2) is 31.7 Å². The van der Waals surface area contributed by atoms with Gasteiger partial charge >= 0.3 is 7.12 Å². The Kier molecular flexibility index (Phi) is 27.0. The smallest absolute Gasteiger partial charge is 0.423 e. The molecular formula is C121H86BBr2I2N3O2S3. The monoisotopic (exact) mass is 2130 g/mol. The highest BCUT2D eigenvalue weighted by atomic mass is 127. The largest absolute Gasteiger partial charge is 0.489 e. The van der Waals surface area contributed by atoms with Crippen molar-refractivity contribution in [1.29, 1.82) is 0 Å². The fourth-order valence-electron chi connectivity index (χ4n) is 18.6. The van der Waals surface area contributed by atoms with Crippen LogP contribution in [0.25, 0.3) is 200 Å². The Balaban J connectivity index is 0.000000116. The number of hydrogen-bond donors (Lipinski definition) is 2. The van der Waals surface area contributed by atoms with E-state index in [-0.39, 0.29) is 55.4 Å². The number of nitrogens with zero attached hydrogens (tertiary/aromatic N) is 3. The normalized spacial score (nSPS) is 11.3. The van der Waals surface area contributed by atoms with E-state index in [4.69, 9.17) is 9.97 Å². The average Bonchev–Trinajstić information content (AvgIpc) is 1.58. The van der Waals surface area contributed by atoms with Gasteiger partial charge in [0, 0.05) is 103 Å². The van der Waals surface area contributed by atoms with E-state index >= 15 is 0 Å². The minimum absolute atomic E-state index is 0. The van der Waals surface area contributed by atoms with Gasteiger partial charge in [0.25, 0.3) is 0 Å². The fourth-order valence-corrected chi connectivity index (χ4v) is 22.9. The molecule has 5 nitrogen and oxygen atoms in total. The van der Waals surface area contributed by atoms with E-state index in [1.165, 1.54) is 156 Å². The van der Waals surface area contributed by atoms with Gasteiger partial charge in [-0.15, -0.1) is 82.0 Å². The first-order valence-electron chi connectivity index (χ1n) is 43.9. The van der Waals surface area contributed by atoms with Crippen molar-refractivity contribution in [3.8, 4) is 117 Å². The Morgan fingerprint density at radius 3 is 1.07 bits per heavy atom. The van der Waals surface area contributed by atoms with Gasteiger partial charge in [-0.2, -0.15) is 0 Å². The molecule has 0 saturated carbocycles. The topological polar surface area (TPSA) is 71.2 Å². The number of fused-ring (bicyclic) bond motifs is 18. The lowest BCUT2D eigenvalue weighted by atomic mass is 9.80. The van der Waals surface area contributed by atoms with Gasteiger partial charge in [0.1, 0.15) is 0 Å². The quantitative estimate of drug-likeness (QED) is 0.106. The minimum atomic E-state index is -1.41. The summed E-state index contributed by atoms with van der Waals surface area (Å²) < 4.78 is 12.2. The number of para-hydroxylation sites is 1. The molecular weight excluding hydrogens is 2050 g/mol. The van der Waals surface area contributed by atoms with E-state index < -0.39 is 7.12 Å². The number of rotatable bonds is 10. The summed E-state index contributed by atoms with van der Waals surface area (Å²) in [4.78, 5) is 10.1. The highest BCUT2D eigenvalue weighted by Gasteiger charge is 2.24. The van der Waals surface area contributed by atoms with Crippen molar-refractivity contribution in [2.45, 2.75) is 20.3 Å². The number of pyridine rings is 2. The summed E-state index contributed by atoms with van der Waals surface area (Å²) >= 11 is 12.4. The van der Waals surface area contributed by atoms with Crippen molar-refractivity contribution in [2.75, 3.05) is 0 Å². The summed E-state index contributed by atoms with van der Waals surface area (Å²) in [6.07, 6.45) is 2.14. The number of thiophene rings is 3. The first kappa shape index (κ1) is 90.3. The third-order valence-corrected chi connectivity index (χ3v) is 29.6. The Morgan fingerprint density at radius 1 is 0.239 bits per heavy atom. The third-order valence-electron chi connectivity index (χ3n) is 24.9. The predicted molar refractivity (Wildman–Crippen MR) is 604 cm³/mol. The molecule has 646 valence electrons. The number of benzene rings is 18. The van der Waals surface area contributed by atoms with Crippen LogP contribution >= 0.6 is 114 Å². The zero-order chi connectivity index (χ0) is 87.8. The summed E-state index contributed by atoms with van der Waals surface area (Å²) in [6, 6.07) is 159. The van der Waals surface area contributed by atoms with Crippen LogP contribution in [0.1, 0.15) is 29.7 Å². The van der Waals surface area contributed by atoms with Crippen molar-refractivity contribution in [3.05, 3.63) is 480 Å². The van der Waals surface area contributed by atoms with Crippen molar-refractivity contribution >= 4 is 209 Å².